The Morgan fingerprint density at radius 3 is 2.62 bits per heavy atom. The van der Waals surface area contributed by atoms with Crippen molar-refractivity contribution in [2.24, 2.45) is 0 Å². The molecule has 1 rings (SSSR count). The third-order valence-electron chi connectivity index (χ3n) is 0.555. The first-order valence-corrected chi connectivity index (χ1v) is 1.79. The van der Waals surface area contributed by atoms with Crippen LogP contribution in [-0.2, 0) is 0 Å². The number of aromatic nitrogens is 4. The molecule has 1 N–H and O–H groups in total. The molecule has 0 fully saturated rings. The van der Waals surface area contributed by atoms with Crippen LogP contribution in [0.25, 0.3) is 6.08 Å². The molecule has 0 saturated carbocycles. The molecule has 38 valence electrons. The summed E-state index contributed by atoms with van der Waals surface area (Å²) >= 11 is 0. The number of nitrogens with zero attached hydrogens (tertiary/aromatic N) is 3. The summed E-state index contributed by atoms with van der Waals surface area (Å²) in [6, 6.07) is 0. The van der Waals surface area contributed by atoms with Gasteiger partial charge in [0.25, 0.3) is 0 Å². The molecule has 0 aliphatic carbocycles. The van der Waals surface area contributed by atoms with E-state index in [4.69, 9.17) is 0 Å². The third-order valence-corrected chi connectivity index (χ3v) is 0.555. The van der Waals surface area contributed by atoms with Gasteiger partial charge in [0, 0.05) is 0 Å². The molecule has 0 radical (unpaired) electrons. The number of aromatic amines is 1. The van der Waals surface area contributed by atoms with Crippen molar-refractivity contribution in [3.63, 3.8) is 0 Å². The van der Waals surface area contributed by atoms with Crippen LogP contribution >= 0.6 is 0 Å². The first kappa shape index (κ1) is 7.81. The molecular formula is C3H5N4Na. The summed E-state index contributed by atoms with van der Waals surface area (Å²) in [5.41, 5.74) is 0. The van der Waals surface area contributed by atoms with Crippen LogP contribution < -0.4 is 0 Å². The molecule has 1 heterocycles. The summed E-state index contributed by atoms with van der Waals surface area (Å²) < 4.78 is 0. The average Bonchev–Trinajstić information content (AvgIpc) is 2.14. The van der Waals surface area contributed by atoms with Gasteiger partial charge < -0.3 is 0 Å². The van der Waals surface area contributed by atoms with Crippen LogP contribution in [0.3, 0.4) is 0 Å². The van der Waals surface area contributed by atoms with E-state index < -0.39 is 0 Å². The van der Waals surface area contributed by atoms with E-state index in [0.717, 1.165) is 0 Å². The second-order valence-electron chi connectivity index (χ2n) is 0.991. The molecule has 0 atom stereocenters. The summed E-state index contributed by atoms with van der Waals surface area (Å²) in [7, 11) is 0. The minimum absolute atomic E-state index is 0. The monoisotopic (exact) mass is 120 g/mol. The van der Waals surface area contributed by atoms with E-state index >= 15 is 0 Å². The van der Waals surface area contributed by atoms with E-state index in [0.29, 0.717) is 5.82 Å². The Hall–Kier alpha value is -0.190. The van der Waals surface area contributed by atoms with Crippen molar-refractivity contribution >= 4 is 35.6 Å². The molecule has 0 bridgehead atoms. The van der Waals surface area contributed by atoms with Crippen LogP contribution in [0, 0.1) is 0 Å². The van der Waals surface area contributed by atoms with E-state index in [-0.39, 0.29) is 29.6 Å². The van der Waals surface area contributed by atoms with Crippen LogP contribution in [0.1, 0.15) is 5.82 Å². The van der Waals surface area contributed by atoms with Gasteiger partial charge in [-0.15, -0.1) is 5.10 Å². The van der Waals surface area contributed by atoms with Crippen molar-refractivity contribution in [2.45, 2.75) is 0 Å². The Balaban J connectivity index is 0.000000490. The van der Waals surface area contributed by atoms with Gasteiger partial charge in [0.2, 0.25) is 0 Å². The molecule has 0 aromatic carbocycles. The summed E-state index contributed by atoms with van der Waals surface area (Å²) in [6.07, 6.45) is 1.54. The topological polar surface area (TPSA) is 54.5 Å². The predicted octanol–water partition coefficient (Wildman–Crippen LogP) is -0.806. The second kappa shape index (κ2) is 3.77. The van der Waals surface area contributed by atoms with Crippen LogP contribution in [0.4, 0.5) is 0 Å². The van der Waals surface area contributed by atoms with Crippen molar-refractivity contribution < 1.29 is 0 Å². The maximum absolute atomic E-state index is 3.50. The fraction of sp³-hybridized carbons (Fsp3) is 0. The number of nitrogens with one attached hydrogen (secondary N) is 1. The second-order valence-corrected chi connectivity index (χ2v) is 0.991. The number of H-pyrrole nitrogens is 1. The molecule has 0 aliphatic rings. The summed E-state index contributed by atoms with van der Waals surface area (Å²) in [5.74, 6) is 0.597. The number of hydrogen-bond donors (Lipinski definition) is 1. The summed E-state index contributed by atoms with van der Waals surface area (Å²) in [4.78, 5) is 0. The Kier molecular flexibility index (Phi) is 3.68. The van der Waals surface area contributed by atoms with Crippen molar-refractivity contribution in [3.05, 3.63) is 12.4 Å². The van der Waals surface area contributed by atoms with Gasteiger partial charge in [-0.1, -0.05) is 6.58 Å². The predicted molar refractivity (Wildman–Crippen MR) is 31.4 cm³/mol. The van der Waals surface area contributed by atoms with Crippen LogP contribution in [0.2, 0.25) is 0 Å². The molecule has 4 nitrogen and oxygen atoms in total. The normalized spacial score (nSPS) is 7.50. The SMILES string of the molecule is C=Cc1nnn[nH]1.[NaH]. The zero-order valence-corrected chi connectivity index (χ0v) is 3.63. The molecular weight excluding hydrogens is 115 g/mol. The standard InChI is InChI=1S/C3H4N4.Na.H/c1-2-3-4-6-7-5-3;;/h2H,1H2,(H,4,5,6,7);;. The van der Waals surface area contributed by atoms with Crippen LogP contribution in [-0.4, -0.2) is 50.2 Å². The summed E-state index contributed by atoms with van der Waals surface area (Å²) in [6.45, 7) is 3.43. The van der Waals surface area contributed by atoms with Gasteiger partial charge in [0.1, 0.15) is 0 Å². The van der Waals surface area contributed by atoms with Crippen molar-refractivity contribution in [3.8, 4) is 0 Å². The Labute approximate surface area is 68.7 Å². The van der Waals surface area contributed by atoms with Gasteiger partial charge in [-0.2, -0.15) is 0 Å². The zero-order valence-electron chi connectivity index (χ0n) is 3.63. The van der Waals surface area contributed by atoms with E-state index in [1.165, 1.54) is 0 Å². The molecule has 0 spiro atoms. The molecule has 5 heteroatoms. The molecule has 0 amide bonds. The van der Waals surface area contributed by atoms with Gasteiger partial charge in [-0.25, -0.2) is 5.10 Å². The minimum atomic E-state index is 0. The van der Waals surface area contributed by atoms with E-state index in [2.05, 4.69) is 27.2 Å². The van der Waals surface area contributed by atoms with Gasteiger partial charge in [-0.05, 0) is 16.5 Å². The quantitative estimate of drug-likeness (QED) is 0.493. The van der Waals surface area contributed by atoms with Gasteiger partial charge in [0.15, 0.2) is 5.82 Å². The average molecular weight is 120 g/mol. The van der Waals surface area contributed by atoms with Gasteiger partial charge in [0.05, 0.1) is 0 Å². The molecule has 8 heavy (non-hydrogen) atoms. The zero-order chi connectivity index (χ0) is 5.11. The van der Waals surface area contributed by atoms with Gasteiger partial charge >= 0.3 is 29.6 Å². The first-order chi connectivity index (χ1) is 3.43. The first-order valence-electron chi connectivity index (χ1n) is 1.79. The van der Waals surface area contributed by atoms with E-state index in [1.54, 1.807) is 6.08 Å². The molecule has 1 aromatic rings. The fourth-order valence-corrected chi connectivity index (χ4v) is 0.253. The van der Waals surface area contributed by atoms with Crippen molar-refractivity contribution in [1.29, 1.82) is 0 Å². The molecule has 1 aromatic heterocycles. The molecule has 0 aliphatic heterocycles. The van der Waals surface area contributed by atoms with E-state index in [9.17, 15) is 0 Å². The Bertz CT molecular complexity index is 146. The van der Waals surface area contributed by atoms with Crippen LogP contribution in [0.15, 0.2) is 6.58 Å². The van der Waals surface area contributed by atoms with Crippen molar-refractivity contribution in [1.82, 2.24) is 20.6 Å². The fourth-order valence-electron chi connectivity index (χ4n) is 0.253. The van der Waals surface area contributed by atoms with Crippen molar-refractivity contribution in [2.75, 3.05) is 0 Å². The Morgan fingerprint density at radius 2 is 2.38 bits per heavy atom. The third kappa shape index (κ3) is 1.73. The molecule has 0 unspecified atom stereocenters. The number of hydrogen-bond acceptors (Lipinski definition) is 3. The summed E-state index contributed by atoms with van der Waals surface area (Å²) in [5, 5.41) is 12.6. The Morgan fingerprint density at radius 1 is 1.62 bits per heavy atom. The van der Waals surface area contributed by atoms with Gasteiger partial charge in [-0.3, -0.25) is 0 Å². The molecule has 0 saturated heterocycles. The van der Waals surface area contributed by atoms with E-state index in [1.807, 2.05) is 0 Å². The van der Waals surface area contributed by atoms with Crippen LogP contribution in [0.5, 0.6) is 0 Å². The maximum atomic E-state index is 3.50. The number of rotatable bonds is 1. The number of tetrazole rings is 1.